The minimum atomic E-state index is -0.407. The fraction of sp³-hybridized carbons (Fsp3) is 0.0588. The van der Waals surface area contributed by atoms with Gasteiger partial charge in [0.2, 0.25) is 11.8 Å². The molecular weight excluding hydrogens is 278 g/mol. The summed E-state index contributed by atoms with van der Waals surface area (Å²) in [5, 5.41) is 12.3. The SMILES string of the molecule is O=c1cc(O)nc(Nc2ccc(Cc3ccccc3)cc2)[nH]1. The minimum absolute atomic E-state index is 0.209. The van der Waals surface area contributed by atoms with Crippen molar-refractivity contribution < 1.29 is 5.11 Å². The average molecular weight is 293 g/mol. The van der Waals surface area contributed by atoms with Gasteiger partial charge in [0.05, 0.1) is 6.07 Å². The molecule has 5 heteroatoms. The van der Waals surface area contributed by atoms with E-state index in [-0.39, 0.29) is 11.8 Å². The van der Waals surface area contributed by atoms with Crippen molar-refractivity contribution >= 4 is 11.6 Å². The second-order valence-electron chi connectivity index (χ2n) is 4.94. The number of aromatic amines is 1. The first-order valence-electron chi connectivity index (χ1n) is 6.89. The van der Waals surface area contributed by atoms with Crippen LogP contribution in [0.1, 0.15) is 11.1 Å². The number of rotatable bonds is 4. The van der Waals surface area contributed by atoms with E-state index in [0.29, 0.717) is 0 Å². The molecule has 3 rings (SSSR count). The minimum Gasteiger partial charge on any atom is -0.493 e. The molecule has 5 nitrogen and oxygen atoms in total. The summed E-state index contributed by atoms with van der Waals surface area (Å²) in [5.74, 6) is -0.104. The zero-order chi connectivity index (χ0) is 15.4. The van der Waals surface area contributed by atoms with Crippen LogP contribution in [0.3, 0.4) is 0 Å². The van der Waals surface area contributed by atoms with Crippen molar-refractivity contribution in [3.8, 4) is 5.88 Å². The maximum absolute atomic E-state index is 11.3. The van der Waals surface area contributed by atoms with E-state index in [1.165, 1.54) is 11.1 Å². The number of benzene rings is 2. The summed E-state index contributed by atoms with van der Waals surface area (Å²) in [5.41, 5.74) is 2.82. The first-order chi connectivity index (χ1) is 10.7. The summed E-state index contributed by atoms with van der Waals surface area (Å²) in [6.07, 6.45) is 0.863. The van der Waals surface area contributed by atoms with Gasteiger partial charge < -0.3 is 10.4 Å². The van der Waals surface area contributed by atoms with Crippen LogP contribution in [0, 0.1) is 0 Å². The molecule has 0 aliphatic rings. The second kappa shape index (κ2) is 6.13. The van der Waals surface area contributed by atoms with Gasteiger partial charge in [-0.3, -0.25) is 9.78 Å². The summed E-state index contributed by atoms with van der Waals surface area (Å²) in [7, 11) is 0. The highest BCUT2D eigenvalue weighted by Crippen LogP contribution is 2.16. The van der Waals surface area contributed by atoms with E-state index in [2.05, 4.69) is 27.4 Å². The Hall–Kier alpha value is -3.08. The Kier molecular flexibility index (Phi) is 3.87. The Labute approximate surface area is 127 Å². The lowest BCUT2D eigenvalue weighted by atomic mass is 10.1. The van der Waals surface area contributed by atoms with Crippen LogP contribution in [0.15, 0.2) is 65.5 Å². The fourth-order valence-corrected chi connectivity index (χ4v) is 2.18. The van der Waals surface area contributed by atoms with Crippen LogP contribution in [-0.4, -0.2) is 15.1 Å². The molecule has 0 aliphatic heterocycles. The van der Waals surface area contributed by atoms with Crippen LogP contribution in [0.25, 0.3) is 0 Å². The summed E-state index contributed by atoms with van der Waals surface area (Å²) in [6, 6.07) is 19.1. The highest BCUT2D eigenvalue weighted by atomic mass is 16.3. The molecule has 0 saturated carbocycles. The van der Waals surface area contributed by atoms with Crippen LogP contribution < -0.4 is 10.9 Å². The lowest BCUT2D eigenvalue weighted by Gasteiger charge is -2.07. The molecule has 1 heterocycles. The molecule has 3 aromatic rings. The van der Waals surface area contributed by atoms with Crippen molar-refractivity contribution in [2.45, 2.75) is 6.42 Å². The fourth-order valence-electron chi connectivity index (χ4n) is 2.18. The molecule has 0 spiro atoms. The summed E-state index contributed by atoms with van der Waals surface area (Å²) in [6.45, 7) is 0. The second-order valence-corrected chi connectivity index (χ2v) is 4.94. The van der Waals surface area contributed by atoms with E-state index < -0.39 is 5.56 Å². The maximum atomic E-state index is 11.3. The Bertz CT molecular complexity index is 811. The van der Waals surface area contributed by atoms with Crippen LogP contribution >= 0.6 is 0 Å². The van der Waals surface area contributed by atoms with Gasteiger partial charge in [-0.2, -0.15) is 4.98 Å². The Balaban J connectivity index is 1.72. The summed E-state index contributed by atoms with van der Waals surface area (Å²) in [4.78, 5) is 17.6. The largest absolute Gasteiger partial charge is 0.493 e. The molecule has 110 valence electrons. The monoisotopic (exact) mass is 293 g/mol. The number of hydrogen-bond donors (Lipinski definition) is 3. The lowest BCUT2D eigenvalue weighted by Crippen LogP contribution is -2.08. The molecule has 0 bridgehead atoms. The first kappa shape index (κ1) is 13.9. The van der Waals surface area contributed by atoms with Crippen molar-refractivity contribution in [2.75, 3.05) is 5.32 Å². The molecule has 2 aromatic carbocycles. The number of hydrogen-bond acceptors (Lipinski definition) is 4. The average Bonchev–Trinajstić information content (AvgIpc) is 2.49. The standard InChI is InChI=1S/C17H15N3O2/c21-15-11-16(22)20-17(19-15)18-14-8-6-13(7-9-14)10-12-4-2-1-3-5-12/h1-9,11H,10H2,(H3,18,19,20,21,22). The van der Waals surface area contributed by atoms with Gasteiger partial charge >= 0.3 is 0 Å². The molecule has 0 saturated heterocycles. The zero-order valence-corrected chi connectivity index (χ0v) is 11.8. The van der Waals surface area contributed by atoms with Gasteiger partial charge in [-0.1, -0.05) is 42.5 Å². The Morgan fingerprint density at radius 3 is 2.36 bits per heavy atom. The molecule has 0 radical (unpaired) electrons. The Morgan fingerprint density at radius 1 is 1.00 bits per heavy atom. The quantitative estimate of drug-likeness (QED) is 0.691. The van der Waals surface area contributed by atoms with E-state index in [1.807, 2.05) is 42.5 Å². The zero-order valence-electron chi connectivity index (χ0n) is 11.8. The molecule has 0 amide bonds. The molecule has 0 atom stereocenters. The summed E-state index contributed by atoms with van der Waals surface area (Å²) < 4.78 is 0. The number of aromatic hydroxyl groups is 1. The summed E-state index contributed by atoms with van der Waals surface area (Å²) >= 11 is 0. The molecule has 3 N–H and O–H groups in total. The van der Waals surface area contributed by atoms with Gasteiger partial charge in [0.25, 0.3) is 5.56 Å². The smallest absolute Gasteiger partial charge is 0.256 e. The molecular formula is C17H15N3O2. The van der Waals surface area contributed by atoms with Crippen molar-refractivity contribution in [1.82, 2.24) is 9.97 Å². The van der Waals surface area contributed by atoms with Gasteiger partial charge in [0, 0.05) is 5.69 Å². The number of nitrogens with one attached hydrogen (secondary N) is 2. The lowest BCUT2D eigenvalue weighted by molar-refractivity contribution is 0.452. The molecule has 0 unspecified atom stereocenters. The number of aromatic nitrogens is 2. The van der Waals surface area contributed by atoms with Crippen LogP contribution in [-0.2, 0) is 6.42 Å². The number of nitrogens with zero attached hydrogens (tertiary/aromatic N) is 1. The maximum Gasteiger partial charge on any atom is 0.256 e. The van der Waals surface area contributed by atoms with Crippen LogP contribution in [0.4, 0.5) is 11.6 Å². The third-order valence-electron chi connectivity index (χ3n) is 3.20. The van der Waals surface area contributed by atoms with Crippen molar-refractivity contribution in [3.05, 3.63) is 82.1 Å². The molecule has 0 aliphatic carbocycles. The predicted molar refractivity (Wildman–Crippen MR) is 85.5 cm³/mol. The van der Waals surface area contributed by atoms with E-state index in [9.17, 15) is 9.90 Å². The Morgan fingerprint density at radius 2 is 1.68 bits per heavy atom. The van der Waals surface area contributed by atoms with Gasteiger partial charge in [-0.25, -0.2) is 0 Å². The van der Waals surface area contributed by atoms with E-state index in [0.717, 1.165) is 18.2 Å². The van der Waals surface area contributed by atoms with E-state index >= 15 is 0 Å². The molecule has 22 heavy (non-hydrogen) atoms. The highest BCUT2D eigenvalue weighted by molar-refractivity contribution is 5.54. The van der Waals surface area contributed by atoms with Gasteiger partial charge in [0.1, 0.15) is 0 Å². The third kappa shape index (κ3) is 3.52. The van der Waals surface area contributed by atoms with Gasteiger partial charge in [-0.15, -0.1) is 0 Å². The van der Waals surface area contributed by atoms with Crippen molar-refractivity contribution in [1.29, 1.82) is 0 Å². The first-order valence-corrected chi connectivity index (χ1v) is 6.89. The number of H-pyrrole nitrogens is 1. The van der Waals surface area contributed by atoms with Crippen LogP contribution in [0.5, 0.6) is 5.88 Å². The topological polar surface area (TPSA) is 78.0 Å². The van der Waals surface area contributed by atoms with E-state index in [1.54, 1.807) is 0 Å². The van der Waals surface area contributed by atoms with Gasteiger partial charge in [-0.05, 0) is 29.7 Å². The predicted octanol–water partition coefficient (Wildman–Crippen LogP) is 2.81. The molecule has 1 aromatic heterocycles. The number of anilines is 2. The van der Waals surface area contributed by atoms with Crippen molar-refractivity contribution in [2.24, 2.45) is 0 Å². The third-order valence-corrected chi connectivity index (χ3v) is 3.20. The normalized spacial score (nSPS) is 10.4. The molecule has 0 fully saturated rings. The highest BCUT2D eigenvalue weighted by Gasteiger charge is 2.01. The van der Waals surface area contributed by atoms with E-state index in [4.69, 9.17) is 0 Å². The van der Waals surface area contributed by atoms with Gasteiger partial charge in [0.15, 0.2) is 0 Å². The van der Waals surface area contributed by atoms with Crippen LogP contribution in [0.2, 0.25) is 0 Å². The van der Waals surface area contributed by atoms with Crippen molar-refractivity contribution in [3.63, 3.8) is 0 Å².